The van der Waals surface area contributed by atoms with Crippen LogP contribution in [0.1, 0.15) is 51.6 Å². The highest BCUT2D eigenvalue weighted by Crippen LogP contribution is 2.31. The number of aryl methyl sites for hydroxylation is 1. The van der Waals surface area contributed by atoms with Gasteiger partial charge in [-0.3, -0.25) is 9.47 Å². The molecule has 3 N–H and O–H groups in total. The van der Waals surface area contributed by atoms with Gasteiger partial charge in [0.1, 0.15) is 23.9 Å². The van der Waals surface area contributed by atoms with E-state index in [-0.39, 0.29) is 12.3 Å². The van der Waals surface area contributed by atoms with Crippen molar-refractivity contribution in [1.29, 1.82) is 0 Å². The third kappa shape index (κ3) is 4.87. The van der Waals surface area contributed by atoms with Gasteiger partial charge < -0.3 is 15.5 Å². The Hall–Kier alpha value is -2.75. The molecule has 0 spiro atoms. The first kappa shape index (κ1) is 23.0. The van der Waals surface area contributed by atoms with E-state index in [1.807, 2.05) is 22.8 Å². The van der Waals surface area contributed by atoms with E-state index >= 15 is 0 Å². The number of nitrogens with zero attached hydrogens (tertiary/aromatic N) is 6. The molecule has 10 heteroatoms. The molecule has 1 aromatic carbocycles. The Bertz CT molecular complexity index is 1270. The summed E-state index contributed by atoms with van der Waals surface area (Å²) in [5.41, 5.74) is 9.26. The number of benzene rings is 1. The standard InChI is InChI=1S/C24H31ClN8O/c1-15(2)32(10-4-3-5-20-30-18-8-6-16(25)11-19(18)31-20)12-17-7-9-21(34-17)33-14-29-22-23(26)27-13-28-24(22)33/h6,8,11,13-15,17,21H,3-5,7,9-10,12H2,1-2H3,(H,30,31)(H2,26,27,28). The quantitative estimate of drug-likeness (QED) is 0.341. The first-order valence-corrected chi connectivity index (χ1v) is 12.3. The van der Waals surface area contributed by atoms with Crippen LogP contribution in [0.5, 0.6) is 0 Å². The number of hydrogen-bond donors (Lipinski definition) is 2. The van der Waals surface area contributed by atoms with Crippen LogP contribution >= 0.6 is 11.6 Å². The van der Waals surface area contributed by atoms with E-state index in [1.54, 1.807) is 6.33 Å². The van der Waals surface area contributed by atoms with Crippen molar-refractivity contribution in [3.63, 3.8) is 0 Å². The predicted molar refractivity (Wildman–Crippen MR) is 134 cm³/mol. The van der Waals surface area contributed by atoms with E-state index in [4.69, 9.17) is 22.1 Å². The molecule has 34 heavy (non-hydrogen) atoms. The molecule has 2 atom stereocenters. The summed E-state index contributed by atoms with van der Waals surface area (Å²) in [6.07, 6.45) is 8.40. The molecule has 0 amide bonds. The highest BCUT2D eigenvalue weighted by molar-refractivity contribution is 6.31. The van der Waals surface area contributed by atoms with E-state index < -0.39 is 0 Å². The minimum absolute atomic E-state index is 0.0695. The lowest BCUT2D eigenvalue weighted by atomic mass is 10.1. The summed E-state index contributed by atoms with van der Waals surface area (Å²) in [7, 11) is 0. The Balaban J connectivity index is 1.13. The number of unbranched alkanes of at least 4 members (excludes halogenated alkanes) is 1. The second-order valence-electron chi connectivity index (χ2n) is 9.26. The van der Waals surface area contributed by atoms with Gasteiger partial charge in [0, 0.05) is 24.0 Å². The molecule has 0 aliphatic carbocycles. The van der Waals surface area contributed by atoms with Gasteiger partial charge in [-0.1, -0.05) is 11.6 Å². The summed E-state index contributed by atoms with van der Waals surface area (Å²) in [5, 5.41) is 0.727. The van der Waals surface area contributed by atoms with Crippen molar-refractivity contribution in [1.82, 2.24) is 34.4 Å². The van der Waals surface area contributed by atoms with Gasteiger partial charge >= 0.3 is 0 Å². The molecule has 0 radical (unpaired) electrons. The van der Waals surface area contributed by atoms with Gasteiger partial charge in [-0.15, -0.1) is 0 Å². The predicted octanol–water partition coefficient (Wildman–Crippen LogP) is 4.35. The Morgan fingerprint density at radius 3 is 2.97 bits per heavy atom. The number of anilines is 1. The van der Waals surface area contributed by atoms with Crippen molar-refractivity contribution in [3.05, 3.63) is 41.7 Å². The van der Waals surface area contributed by atoms with E-state index in [2.05, 4.69) is 43.7 Å². The minimum atomic E-state index is -0.0695. The fourth-order valence-corrected chi connectivity index (χ4v) is 4.86. The third-order valence-corrected chi connectivity index (χ3v) is 6.79. The number of nitrogens with two attached hydrogens (primary N) is 1. The lowest BCUT2D eigenvalue weighted by molar-refractivity contribution is -0.0160. The molecule has 9 nitrogen and oxygen atoms in total. The first-order chi connectivity index (χ1) is 16.5. The smallest absolute Gasteiger partial charge is 0.167 e. The number of ether oxygens (including phenoxy) is 1. The molecule has 0 saturated carbocycles. The molecule has 1 aliphatic heterocycles. The van der Waals surface area contributed by atoms with Crippen LogP contribution in [0.25, 0.3) is 22.2 Å². The maximum absolute atomic E-state index is 6.41. The maximum atomic E-state index is 6.41. The van der Waals surface area contributed by atoms with Crippen LogP contribution in [0.4, 0.5) is 5.82 Å². The van der Waals surface area contributed by atoms with Gasteiger partial charge in [-0.05, 0) is 64.3 Å². The highest BCUT2D eigenvalue weighted by atomic mass is 35.5. The van der Waals surface area contributed by atoms with Gasteiger partial charge in [0.2, 0.25) is 0 Å². The molecular formula is C24H31ClN8O. The fourth-order valence-electron chi connectivity index (χ4n) is 4.69. The van der Waals surface area contributed by atoms with Crippen LogP contribution in [-0.4, -0.2) is 59.6 Å². The Morgan fingerprint density at radius 2 is 2.12 bits per heavy atom. The third-order valence-electron chi connectivity index (χ3n) is 6.55. The monoisotopic (exact) mass is 482 g/mol. The molecule has 4 heterocycles. The van der Waals surface area contributed by atoms with Gasteiger partial charge in [0.25, 0.3) is 0 Å². The van der Waals surface area contributed by atoms with Crippen molar-refractivity contribution >= 4 is 39.6 Å². The lowest BCUT2D eigenvalue weighted by Gasteiger charge is -2.29. The van der Waals surface area contributed by atoms with Crippen molar-refractivity contribution in [2.24, 2.45) is 0 Å². The van der Waals surface area contributed by atoms with Crippen LogP contribution in [0, 0.1) is 0 Å². The van der Waals surface area contributed by atoms with Gasteiger partial charge in [0.05, 0.1) is 23.5 Å². The average molecular weight is 483 g/mol. The van der Waals surface area contributed by atoms with Crippen LogP contribution in [-0.2, 0) is 11.2 Å². The van der Waals surface area contributed by atoms with Crippen LogP contribution in [0.15, 0.2) is 30.9 Å². The summed E-state index contributed by atoms with van der Waals surface area (Å²) in [6.45, 7) is 6.45. The molecule has 0 bridgehead atoms. The second-order valence-corrected chi connectivity index (χ2v) is 9.70. The largest absolute Gasteiger partial charge is 0.382 e. The number of nitrogen functional groups attached to an aromatic ring is 1. The van der Waals surface area contributed by atoms with E-state index in [1.165, 1.54) is 6.33 Å². The van der Waals surface area contributed by atoms with Crippen molar-refractivity contribution in [2.75, 3.05) is 18.8 Å². The van der Waals surface area contributed by atoms with Crippen LogP contribution in [0.2, 0.25) is 5.02 Å². The van der Waals surface area contributed by atoms with E-state index in [0.29, 0.717) is 17.4 Å². The molecule has 180 valence electrons. The molecule has 1 saturated heterocycles. The number of hydrogen-bond acceptors (Lipinski definition) is 7. The topological polar surface area (TPSA) is 111 Å². The molecular weight excluding hydrogens is 452 g/mol. The number of H-pyrrole nitrogens is 1. The number of halogens is 1. The fraction of sp³-hybridized carbons (Fsp3) is 0.500. The number of aromatic amines is 1. The van der Waals surface area contributed by atoms with Gasteiger partial charge in [-0.2, -0.15) is 0 Å². The Labute approximate surface area is 203 Å². The molecule has 3 aromatic heterocycles. The summed E-state index contributed by atoms with van der Waals surface area (Å²) in [4.78, 5) is 23.3. The highest BCUT2D eigenvalue weighted by Gasteiger charge is 2.30. The SMILES string of the molecule is CC(C)N(CCCCc1nc2ccc(Cl)cc2[nH]1)CC1CCC(n2cnc3c(N)ncnc32)O1. The Morgan fingerprint density at radius 1 is 1.24 bits per heavy atom. The lowest BCUT2D eigenvalue weighted by Crippen LogP contribution is -2.38. The molecule has 4 aromatic rings. The van der Waals surface area contributed by atoms with Crippen molar-refractivity contribution in [3.8, 4) is 0 Å². The normalized spacial score (nSPS) is 18.7. The Kier molecular flexibility index (Phi) is 6.67. The summed E-state index contributed by atoms with van der Waals surface area (Å²) < 4.78 is 8.39. The summed E-state index contributed by atoms with van der Waals surface area (Å²) in [6, 6.07) is 6.22. The van der Waals surface area contributed by atoms with Crippen molar-refractivity contribution in [2.45, 2.75) is 64.3 Å². The maximum Gasteiger partial charge on any atom is 0.167 e. The summed E-state index contributed by atoms with van der Waals surface area (Å²) >= 11 is 6.08. The van der Waals surface area contributed by atoms with E-state index in [0.717, 1.165) is 72.7 Å². The number of fused-ring (bicyclic) bond motifs is 2. The number of aromatic nitrogens is 6. The van der Waals surface area contributed by atoms with E-state index in [9.17, 15) is 0 Å². The first-order valence-electron chi connectivity index (χ1n) is 11.9. The van der Waals surface area contributed by atoms with Gasteiger partial charge in [0.15, 0.2) is 11.5 Å². The van der Waals surface area contributed by atoms with Crippen LogP contribution in [0.3, 0.4) is 0 Å². The number of imidazole rings is 2. The number of rotatable bonds is 9. The molecule has 2 unspecified atom stereocenters. The summed E-state index contributed by atoms with van der Waals surface area (Å²) in [5.74, 6) is 1.42. The minimum Gasteiger partial charge on any atom is -0.382 e. The second kappa shape index (κ2) is 9.85. The molecule has 1 fully saturated rings. The van der Waals surface area contributed by atoms with Crippen LogP contribution < -0.4 is 5.73 Å². The molecule has 1 aliphatic rings. The van der Waals surface area contributed by atoms with Gasteiger partial charge in [-0.25, -0.2) is 19.9 Å². The zero-order valence-electron chi connectivity index (χ0n) is 19.6. The zero-order chi connectivity index (χ0) is 23.7. The average Bonchev–Trinajstić information content (AvgIpc) is 3.53. The zero-order valence-corrected chi connectivity index (χ0v) is 20.4. The molecule has 5 rings (SSSR count). The number of nitrogens with one attached hydrogen (secondary N) is 1. The van der Waals surface area contributed by atoms with Crippen molar-refractivity contribution < 1.29 is 4.74 Å².